The summed E-state index contributed by atoms with van der Waals surface area (Å²) in [5, 5.41) is 0. The number of esters is 1. The number of ether oxygens (including phenoxy) is 3. The van der Waals surface area contributed by atoms with Gasteiger partial charge in [0, 0.05) is 23.7 Å². The van der Waals surface area contributed by atoms with Crippen molar-refractivity contribution in [2.24, 2.45) is 0 Å². The molecule has 1 aromatic carbocycles. The van der Waals surface area contributed by atoms with Gasteiger partial charge in [0.05, 0.1) is 43.7 Å². The average molecular weight is 465 g/mol. The maximum Gasteiger partial charge on any atom is 0.340 e. The normalized spacial score (nSPS) is 19.5. The molecular formula is C27H32N2O5. The summed E-state index contributed by atoms with van der Waals surface area (Å²) in [6.45, 7) is 8.98. The van der Waals surface area contributed by atoms with Crippen molar-refractivity contribution < 1.29 is 23.8 Å². The zero-order valence-corrected chi connectivity index (χ0v) is 20.7. The van der Waals surface area contributed by atoms with E-state index >= 15 is 0 Å². The third kappa shape index (κ3) is 4.16. The molecule has 0 saturated carbocycles. The maximum absolute atomic E-state index is 13.5. The molecule has 0 spiro atoms. The van der Waals surface area contributed by atoms with Gasteiger partial charge in [-0.05, 0) is 75.9 Å². The minimum atomic E-state index is -0.513. The van der Waals surface area contributed by atoms with Gasteiger partial charge in [-0.3, -0.25) is 4.79 Å². The van der Waals surface area contributed by atoms with E-state index in [-0.39, 0.29) is 12.0 Å². The standard InChI is InChI=1S/C27H32N2O5/c1-16-9-10-24(32-5)23(12-16)29-17(2)13-20(18(29)3)14-22-25(27(31)33-6)19(4)28(26(22)30)15-21-8-7-11-34-21/h9-10,12-14,21H,7-8,11,15H2,1-6H3/b22-14-/t21-/m1/s1. The van der Waals surface area contributed by atoms with E-state index < -0.39 is 5.97 Å². The number of carbonyl (C=O) groups excluding carboxylic acids is 2. The summed E-state index contributed by atoms with van der Waals surface area (Å²) in [6.07, 6.45) is 3.67. The molecule has 1 saturated heterocycles. The fourth-order valence-corrected chi connectivity index (χ4v) is 4.87. The molecule has 1 fully saturated rings. The van der Waals surface area contributed by atoms with Gasteiger partial charge in [-0.15, -0.1) is 0 Å². The van der Waals surface area contributed by atoms with E-state index in [9.17, 15) is 9.59 Å². The molecular weight excluding hydrogens is 432 g/mol. The first kappa shape index (κ1) is 23.8. The Morgan fingerprint density at radius 1 is 1.18 bits per heavy atom. The smallest absolute Gasteiger partial charge is 0.340 e. The van der Waals surface area contributed by atoms with Gasteiger partial charge in [-0.1, -0.05) is 6.07 Å². The van der Waals surface area contributed by atoms with Gasteiger partial charge < -0.3 is 23.7 Å². The molecule has 2 aromatic rings. The number of amides is 1. The molecule has 180 valence electrons. The van der Waals surface area contributed by atoms with E-state index in [1.54, 1.807) is 25.0 Å². The van der Waals surface area contributed by atoms with E-state index in [1.165, 1.54) is 7.11 Å². The van der Waals surface area contributed by atoms with Gasteiger partial charge in [0.1, 0.15) is 5.75 Å². The molecule has 4 rings (SSSR count). The maximum atomic E-state index is 13.5. The molecule has 0 N–H and O–H groups in total. The second-order valence-electron chi connectivity index (χ2n) is 8.90. The Bertz CT molecular complexity index is 1200. The Morgan fingerprint density at radius 3 is 2.59 bits per heavy atom. The minimum absolute atomic E-state index is 0.0176. The number of rotatable bonds is 6. The molecule has 0 radical (unpaired) electrons. The predicted molar refractivity (Wildman–Crippen MR) is 130 cm³/mol. The van der Waals surface area contributed by atoms with Crippen LogP contribution in [0.1, 0.15) is 42.3 Å². The fraction of sp³-hybridized carbons (Fsp3) is 0.407. The van der Waals surface area contributed by atoms with Gasteiger partial charge in [0.2, 0.25) is 0 Å². The largest absolute Gasteiger partial charge is 0.495 e. The number of methoxy groups -OCH3 is 2. The number of benzene rings is 1. The number of aromatic nitrogens is 1. The van der Waals surface area contributed by atoms with Crippen LogP contribution in [0.3, 0.4) is 0 Å². The molecule has 3 heterocycles. The number of hydrogen-bond donors (Lipinski definition) is 0. The van der Waals surface area contributed by atoms with Crippen molar-refractivity contribution in [1.29, 1.82) is 0 Å². The summed E-state index contributed by atoms with van der Waals surface area (Å²) in [5.41, 5.74) is 6.11. The lowest BCUT2D eigenvalue weighted by molar-refractivity contribution is -0.136. The Morgan fingerprint density at radius 2 is 1.94 bits per heavy atom. The van der Waals surface area contributed by atoms with Gasteiger partial charge in [0.15, 0.2) is 0 Å². The second kappa shape index (κ2) is 9.50. The Labute approximate surface area is 200 Å². The molecule has 1 amide bonds. The first-order valence-electron chi connectivity index (χ1n) is 11.6. The predicted octanol–water partition coefficient (Wildman–Crippen LogP) is 4.26. The fourth-order valence-electron chi connectivity index (χ4n) is 4.87. The van der Waals surface area contributed by atoms with E-state index in [0.717, 1.165) is 46.8 Å². The van der Waals surface area contributed by atoms with Crippen LogP contribution in [0, 0.1) is 20.8 Å². The minimum Gasteiger partial charge on any atom is -0.495 e. The molecule has 7 heteroatoms. The van der Waals surface area contributed by atoms with E-state index in [1.807, 2.05) is 39.0 Å². The van der Waals surface area contributed by atoms with E-state index in [4.69, 9.17) is 14.2 Å². The first-order chi connectivity index (χ1) is 16.3. The Balaban J connectivity index is 1.79. The van der Waals surface area contributed by atoms with Crippen molar-refractivity contribution in [2.75, 3.05) is 27.4 Å². The highest BCUT2D eigenvalue weighted by Crippen LogP contribution is 2.35. The lowest BCUT2D eigenvalue weighted by atomic mass is 10.0. The summed E-state index contributed by atoms with van der Waals surface area (Å²) in [6, 6.07) is 8.05. The van der Waals surface area contributed by atoms with Crippen LogP contribution in [0.15, 0.2) is 41.1 Å². The van der Waals surface area contributed by atoms with Crippen LogP contribution in [-0.4, -0.2) is 54.8 Å². The van der Waals surface area contributed by atoms with Crippen LogP contribution in [0.5, 0.6) is 5.75 Å². The van der Waals surface area contributed by atoms with Gasteiger partial charge >= 0.3 is 5.97 Å². The van der Waals surface area contributed by atoms with Gasteiger partial charge in [0.25, 0.3) is 5.91 Å². The molecule has 0 aliphatic carbocycles. The highest BCUT2D eigenvalue weighted by molar-refractivity contribution is 6.16. The first-order valence-corrected chi connectivity index (χ1v) is 11.6. The Kier molecular flexibility index (Phi) is 6.66. The topological polar surface area (TPSA) is 70.0 Å². The van der Waals surface area contributed by atoms with Crippen LogP contribution in [0.25, 0.3) is 11.8 Å². The third-order valence-corrected chi connectivity index (χ3v) is 6.66. The summed E-state index contributed by atoms with van der Waals surface area (Å²) >= 11 is 0. The number of hydrogen-bond acceptors (Lipinski definition) is 5. The van der Waals surface area contributed by atoms with Crippen molar-refractivity contribution in [2.45, 2.75) is 46.6 Å². The zero-order chi connectivity index (χ0) is 24.6. The van der Waals surface area contributed by atoms with Crippen molar-refractivity contribution >= 4 is 18.0 Å². The van der Waals surface area contributed by atoms with Crippen molar-refractivity contribution in [3.05, 3.63) is 63.6 Å². The number of carbonyl (C=O) groups is 2. The van der Waals surface area contributed by atoms with Crippen molar-refractivity contribution in [1.82, 2.24) is 9.47 Å². The van der Waals surface area contributed by atoms with Crippen molar-refractivity contribution in [3.8, 4) is 11.4 Å². The average Bonchev–Trinajstić information content (AvgIpc) is 3.48. The number of aryl methyl sites for hydroxylation is 2. The van der Waals surface area contributed by atoms with Crippen LogP contribution >= 0.6 is 0 Å². The zero-order valence-electron chi connectivity index (χ0n) is 20.7. The van der Waals surface area contributed by atoms with E-state index in [2.05, 4.69) is 10.6 Å². The lowest BCUT2D eigenvalue weighted by Crippen LogP contribution is -2.33. The SMILES string of the molecule is COC(=O)C1=C(C)N(C[C@H]2CCCO2)C(=O)/C1=C\c1cc(C)n(-c2cc(C)ccc2OC)c1C. The van der Waals surface area contributed by atoms with Gasteiger partial charge in [-0.2, -0.15) is 0 Å². The van der Waals surface area contributed by atoms with Crippen LogP contribution < -0.4 is 4.74 Å². The molecule has 34 heavy (non-hydrogen) atoms. The Hall–Kier alpha value is -3.32. The van der Waals surface area contributed by atoms with Crippen LogP contribution in [0.2, 0.25) is 0 Å². The quantitative estimate of drug-likeness (QED) is 0.472. The van der Waals surface area contributed by atoms with E-state index in [0.29, 0.717) is 30.0 Å². The second-order valence-corrected chi connectivity index (χ2v) is 8.90. The summed E-state index contributed by atoms with van der Waals surface area (Å²) in [7, 11) is 2.99. The monoisotopic (exact) mass is 464 g/mol. The van der Waals surface area contributed by atoms with Crippen molar-refractivity contribution in [3.63, 3.8) is 0 Å². The molecule has 1 atom stereocenters. The molecule has 0 bridgehead atoms. The molecule has 7 nitrogen and oxygen atoms in total. The molecule has 2 aliphatic rings. The molecule has 0 unspecified atom stereocenters. The lowest BCUT2D eigenvalue weighted by Gasteiger charge is -2.21. The number of nitrogens with zero attached hydrogens (tertiary/aromatic N) is 2. The number of allylic oxidation sites excluding steroid dienone is 1. The molecule has 1 aromatic heterocycles. The highest BCUT2D eigenvalue weighted by atomic mass is 16.5. The highest BCUT2D eigenvalue weighted by Gasteiger charge is 2.38. The molecule has 2 aliphatic heterocycles. The van der Waals surface area contributed by atoms with Gasteiger partial charge in [-0.25, -0.2) is 4.79 Å². The summed E-state index contributed by atoms with van der Waals surface area (Å²) < 4.78 is 18.5. The summed E-state index contributed by atoms with van der Waals surface area (Å²) in [4.78, 5) is 27.8. The summed E-state index contributed by atoms with van der Waals surface area (Å²) in [5.74, 6) is 0.0460. The van der Waals surface area contributed by atoms with Crippen LogP contribution in [-0.2, 0) is 19.1 Å². The van der Waals surface area contributed by atoms with Crippen LogP contribution in [0.4, 0.5) is 0 Å². The third-order valence-electron chi connectivity index (χ3n) is 6.66.